The summed E-state index contributed by atoms with van der Waals surface area (Å²) >= 11 is 0. The van der Waals surface area contributed by atoms with Crippen LogP contribution in [0.2, 0.25) is 0 Å². The van der Waals surface area contributed by atoms with Gasteiger partial charge in [0.05, 0.1) is 6.10 Å². The van der Waals surface area contributed by atoms with Crippen LogP contribution in [0, 0.1) is 0 Å². The predicted molar refractivity (Wildman–Crippen MR) is 88.7 cm³/mol. The van der Waals surface area contributed by atoms with Crippen molar-refractivity contribution in [3.05, 3.63) is 0 Å². The molecule has 0 aliphatic heterocycles. The van der Waals surface area contributed by atoms with Gasteiger partial charge in [-0.3, -0.25) is 14.4 Å². The molecule has 0 rings (SSSR count). The first kappa shape index (κ1) is 27.8. The SMILES string of the molecule is CC(O)C(N)C(=O)O.CCC(=O)C(=O)O.NCCCCC(N)C(=O)O. The Bertz CT molecular complexity index is 415. The van der Waals surface area contributed by atoms with E-state index in [4.69, 9.17) is 37.6 Å². The van der Waals surface area contributed by atoms with E-state index in [1.807, 2.05) is 0 Å². The second-order valence-corrected chi connectivity index (χ2v) is 4.92. The number of aliphatic hydroxyl groups is 1. The van der Waals surface area contributed by atoms with E-state index in [2.05, 4.69) is 0 Å². The Hall–Kier alpha value is -2.08. The highest BCUT2D eigenvalue weighted by atomic mass is 16.4. The van der Waals surface area contributed by atoms with Crippen LogP contribution in [0.3, 0.4) is 0 Å². The van der Waals surface area contributed by atoms with Crippen molar-refractivity contribution in [2.75, 3.05) is 6.54 Å². The largest absolute Gasteiger partial charge is 0.480 e. The number of aliphatic hydroxyl groups excluding tert-OH is 1. The molecular formula is C14H29N3O8. The number of Topliss-reactive ketones (excluding diaryl/α,β-unsaturated/α-hetero) is 1. The minimum atomic E-state index is -1.34. The average molecular weight is 367 g/mol. The number of unbranched alkanes of at least 4 members (excludes halogenated alkanes) is 1. The van der Waals surface area contributed by atoms with E-state index in [9.17, 15) is 19.2 Å². The lowest BCUT2D eigenvalue weighted by molar-refractivity contribution is -0.148. The maximum absolute atomic E-state index is 10.1. The van der Waals surface area contributed by atoms with Crippen molar-refractivity contribution >= 4 is 23.7 Å². The third kappa shape index (κ3) is 19.9. The molecule has 11 heteroatoms. The van der Waals surface area contributed by atoms with Gasteiger partial charge in [0, 0.05) is 6.42 Å². The molecule has 0 aromatic heterocycles. The lowest BCUT2D eigenvalue weighted by atomic mass is 10.1. The molecule has 0 bridgehead atoms. The van der Waals surface area contributed by atoms with E-state index >= 15 is 0 Å². The Morgan fingerprint density at radius 1 is 0.960 bits per heavy atom. The number of hydrogen-bond donors (Lipinski definition) is 7. The number of carbonyl (C=O) groups excluding carboxylic acids is 1. The van der Waals surface area contributed by atoms with Gasteiger partial charge in [-0.15, -0.1) is 0 Å². The van der Waals surface area contributed by atoms with Crippen molar-refractivity contribution in [1.29, 1.82) is 0 Å². The third-order valence-corrected chi connectivity index (χ3v) is 2.65. The first-order valence-corrected chi connectivity index (χ1v) is 7.53. The Balaban J connectivity index is -0.000000296. The molecule has 3 unspecified atom stereocenters. The number of carbonyl (C=O) groups is 4. The van der Waals surface area contributed by atoms with Gasteiger partial charge < -0.3 is 37.6 Å². The standard InChI is InChI=1S/C6H14N2O2.C4H9NO3.C4H6O3/c7-4-2-1-3-5(8)6(9)10;1-2(6)3(5)4(7)8;1-2-3(5)4(6)7/h5H,1-4,7-8H2,(H,9,10);2-3,6H,5H2,1H3,(H,7,8);2H2,1H3,(H,6,7). The van der Waals surface area contributed by atoms with Gasteiger partial charge in [-0.2, -0.15) is 0 Å². The van der Waals surface area contributed by atoms with Crippen LogP contribution in [-0.4, -0.2) is 68.8 Å². The molecule has 0 spiro atoms. The van der Waals surface area contributed by atoms with Gasteiger partial charge in [0.1, 0.15) is 12.1 Å². The predicted octanol–water partition coefficient (Wildman–Crippen LogP) is -1.64. The molecule has 0 aliphatic carbocycles. The molecule has 0 fully saturated rings. The summed E-state index contributed by atoms with van der Waals surface area (Å²) < 4.78 is 0. The summed E-state index contributed by atoms with van der Waals surface area (Å²) in [5.74, 6) is -4.19. The minimum absolute atomic E-state index is 0.0787. The molecule has 148 valence electrons. The van der Waals surface area contributed by atoms with Crippen molar-refractivity contribution in [3.8, 4) is 0 Å². The summed E-state index contributed by atoms with van der Waals surface area (Å²) in [6, 6.07) is -1.87. The van der Waals surface area contributed by atoms with Gasteiger partial charge in [0.2, 0.25) is 5.78 Å². The Morgan fingerprint density at radius 2 is 1.44 bits per heavy atom. The molecule has 0 aromatic carbocycles. The molecule has 0 amide bonds. The molecule has 0 radical (unpaired) electrons. The van der Waals surface area contributed by atoms with E-state index in [1.165, 1.54) is 13.8 Å². The Morgan fingerprint density at radius 3 is 1.60 bits per heavy atom. The minimum Gasteiger partial charge on any atom is -0.480 e. The molecule has 0 heterocycles. The van der Waals surface area contributed by atoms with Crippen molar-refractivity contribution in [1.82, 2.24) is 0 Å². The zero-order valence-electron chi connectivity index (χ0n) is 14.4. The van der Waals surface area contributed by atoms with Crippen LogP contribution in [0.5, 0.6) is 0 Å². The Kier molecular flexibility index (Phi) is 18.6. The fourth-order valence-corrected chi connectivity index (χ4v) is 0.990. The van der Waals surface area contributed by atoms with Gasteiger partial charge in [-0.1, -0.05) is 13.3 Å². The lowest BCUT2D eigenvalue weighted by Gasteiger charge is -2.06. The highest BCUT2D eigenvalue weighted by Crippen LogP contribution is 1.97. The molecule has 0 aliphatic rings. The first-order chi connectivity index (χ1) is 11.4. The third-order valence-electron chi connectivity index (χ3n) is 2.65. The quantitative estimate of drug-likeness (QED) is 0.180. The fourth-order valence-electron chi connectivity index (χ4n) is 0.990. The summed E-state index contributed by atoms with van der Waals surface area (Å²) in [5.41, 5.74) is 15.3. The highest BCUT2D eigenvalue weighted by molar-refractivity contribution is 6.32. The number of aliphatic carboxylic acids is 3. The monoisotopic (exact) mass is 367 g/mol. The number of rotatable bonds is 9. The zero-order chi connectivity index (χ0) is 20.6. The van der Waals surface area contributed by atoms with Crippen molar-refractivity contribution in [2.45, 2.75) is 57.7 Å². The summed E-state index contributed by atoms with van der Waals surface area (Å²) in [6.45, 7) is 3.45. The molecule has 10 N–H and O–H groups in total. The number of carboxylic acids is 3. The number of nitrogens with two attached hydrogens (primary N) is 3. The summed E-state index contributed by atoms with van der Waals surface area (Å²) in [4.78, 5) is 39.5. The Labute approximate surface area is 145 Å². The van der Waals surface area contributed by atoms with E-state index in [0.717, 1.165) is 12.8 Å². The summed E-state index contributed by atoms with van der Waals surface area (Å²) in [7, 11) is 0. The lowest BCUT2D eigenvalue weighted by Crippen LogP contribution is -2.39. The van der Waals surface area contributed by atoms with Crippen LogP contribution in [0.15, 0.2) is 0 Å². The van der Waals surface area contributed by atoms with Crippen LogP contribution in [0.1, 0.15) is 39.5 Å². The molecule has 25 heavy (non-hydrogen) atoms. The van der Waals surface area contributed by atoms with Gasteiger partial charge in [-0.25, -0.2) is 4.79 Å². The molecule has 3 atom stereocenters. The van der Waals surface area contributed by atoms with Crippen molar-refractivity contribution < 1.29 is 39.6 Å². The molecule has 0 saturated heterocycles. The normalized spacial score (nSPS) is 13.0. The molecular weight excluding hydrogens is 338 g/mol. The maximum Gasteiger partial charge on any atom is 0.372 e. The van der Waals surface area contributed by atoms with Crippen LogP contribution in [0.4, 0.5) is 0 Å². The molecule has 11 nitrogen and oxygen atoms in total. The maximum atomic E-state index is 10.1. The fraction of sp³-hybridized carbons (Fsp3) is 0.714. The highest BCUT2D eigenvalue weighted by Gasteiger charge is 2.16. The zero-order valence-corrected chi connectivity index (χ0v) is 14.4. The second-order valence-electron chi connectivity index (χ2n) is 4.92. The smallest absolute Gasteiger partial charge is 0.372 e. The van der Waals surface area contributed by atoms with E-state index in [1.54, 1.807) is 0 Å². The molecule has 0 saturated carbocycles. The summed E-state index contributed by atoms with van der Waals surface area (Å²) in [5, 5.41) is 32.7. The van der Waals surface area contributed by atoms with Gasteiger partial charge in [0.25, 0.3) is 0 Å². The topological polar surface area (TPSA) is 227 Å². The average Bonchev–Trinajstić information content (AvgIpc) is 2.54. The van der Waals surface area contributed by atoms with Crippen molar-refractivity contribution in [2.24, 2.45) is 17.2 Å². The van der Waals surface area contributed by atoms with Crippen LogP contribution in [-0.2, 0) is 19.2 Å². The number of carboxylic acid groups (broad SMARTS) is 3. The van der Waals surface area contributed by atoms with Gasteiger partial charge >= 0.3 is 17.9 Å². The van der Waals surface area contributed by atoms with E-state index in [-0.39, 0.29) is 6.42 Å². The van der Waals surface area contributed by atoms with E-state index < -0.39 is 41.9 Å². The number of ketones is 1. The van der Waals surface area contributed by atoms with Gasteiger partial charge in [0.15, 0.2) is 0 Å². The number of hydrogen-bond acceptors (Lipinski definition) is 8. The molecule has 0 aromatic rings. The van der Waals surface area contributed by atoms with Crippen LogP contribution < -0.4 is 17.2 Å². The first-order valence-electron chi connectivity index (χ1n) is 7.53. The van der Waals surface area contributed by atoms with Crippen molar-refractivity contribution in [3.63, 3.8) is 0 Å². The van der Waals surface area contributed by atoms with Crippen LogP contribution in [0.25, 0.3) is 0 Å². The second kappa shape index (κ2) is 16.8. The van der Waals surface area contributed by atoms with E-state index in [0.29, 0.717) is 13.0 Å². The van der Waals surface area contributed by atoms with Crippen LogP contribution >= 0.6 is 0 Å². The summed E-state index contributed by atoms with van der Waals surface area (Å²) in [6.07, 6.45) is 1.26. The van der Waals surface area contributed by atoms with Gasteiger partial charge in [-0.05, 0) is 26.3 Å².